The van der Waals surface area contributed by atoms with Crippen LogP contribution >= 0.6 is 0 Å². The molecule has 172 valence electrons. The number of benzene rings is 1. The van der Waals surface area contributed by atoms with E-state index in [2.05, 4.69) is 9.80 Å². The Morgan fingerprint density at radius 1 is 1.03 bits per heavy atom. The summed E-state index contributed by atoms with van der Waals surface area (Å²) in [6.07, 6.45) is 8.44. The molecule has 1 aromatic rings. The molecule has 1 N–H and O–H groups in total. The van der Waals surface area contributed by atoms with Crippen LogP contribution in [0.3, 0.4) is 0 Å². The molecule has 1 aromatic carbocycles. The van der Waals surface area contributed by atoms with Crippen molar-refractivity contribution >= 4 is 6.47 Å². The Balaban J connectivity index is 0.000000730. The summed E-state index contributed by atoms with van der Waals surface area (Å²) in [5.41, 5.74) is 0.717. The molecule has 0 unspecified atom stereocenters. The van der Waals surface area contributed by atoms with E-state index in [-0.39, 0.29) is 12.3 Å². The first-order valence-electron chi connectivity index (χ1n) is 11.5. The molecule has 31 heavy (non-hydrogen) atoms. The van der Waals surface area contributed by atoms with Crippen LogP contribution in [0.25, 0.3) is 0 Å². The van der Waals surface area contributed by atoms with Crippen molar-refractivity contribution in [2.75, 3.05) is 33.9 Å². The maximum Gasteiger partial charge on any atom is 0.290 e. The fourth-order valence-corrected chi connectivity index (χ4v) is 6.32. The van der Waals surface area contributed by atoms with Crippen molar-refractivity contribution in [2.45, 2.75) is 57.2 Å². The van der Waals surface area contributed by atoms with Gasteiger partial charge in [0.15, 0.2) is 11.5 Å². The zero-order valence-corrected chi connectivity index (χ0v) is 18.6. The van der Waals surface area contributed by atoms with Crippen LogP contribution in [0.4, 0.5) is 4.39 Å². The monoisotopic (exact) mass is 434 g/mol. The molecular weight excluding hydrogens is 399 g/mol. The summed E-state index contributed by atoms with van der Waals surface area (Å²) >= 11 is 0. The lowest BCUT2D eigenvalue weighted by Crippen LogP contribution is -2.61. The number of ether oxygens (including phenoxy) is 2. The van der Waals surface area contributed by atoms with E-state index in [0.29, 0.717) is 23.6 Å². The molecule has 0 amide bonds. The Labute approximate surface area is 184 Å². The van der Waals surface area contributed by atoms with Gasteiger partial charge in [-0.25, -0.2) is 4.39 Å². The van der Waals surface area contributed by atoms with Crippen molar-refractivity contribution in [2.24, 2.45) is 17.8 Å². The maximum atomic E-state index is 14.6. The lowest BCUT2D eigenvalue weighted by atomic mass is 9.74. The predicted molar refractivity (Wildman–Crippen MR) is 116 cm³/mol. The molecule has 4 atom stereocenters. The van der Waals surface area contributed by atoms with Crippen LogP contribution in [0, 0.1) is 23.6 Å². The molecule has 0 radical (unpaired) electrons. The Bertz CT molecular complexity index is 772. The van der Waals surface area contributed by atoms with E-state index >= 15 is 0 Å². The molecule has 5 rings (SSSR count). The number of hydrogen-bond acceptors (Lipinski definition) is 5. The fraction of sp³-hybridized carbons (Fsp3) is 0.708. The Morgan fingerprint density at radius 3 is 2.32 bits per heavy atom. The van der Waals surface area contributed by atoms with Gasteiger partial charge in [-0.05, 0) is 55.9 Å². The maximum absolute atomic E-state index is 14.6. The Hall–Kier alpha value is -1.86. The minimum Gasteiger partial charge on any atom is -0.493 e. The molecule has 4 fully saturated rings. The van der Waals surface area contributed by atoms with Crippen LogP contribution in [-0.4, -0.2) is 67.3 Å². The topological polar surface area (TPSA) is 62.2 Å². The molecule has 3 aliphatic heterocycles. The van der Waals surface area contributed by atoms with Crippen molar-refractivity contribution in [1.82, 2.24) is 9.80 Å². The van der Waals surface area contributed by atoms with Gasteiger partial charge >= 0.3 is 0 Å². The first-order chi connectivity index (χ1) is 15.1. The quantitative estimate of drug-likeness (QED) is 0.714. The van der Waals surface area contributed by atoms with E-state index in [4.69, 9.17) is 19.4 Å². The van der Waals surface area contributed by atoms with Gasteiger partial charge in [-0.3, -0.25) is 14.6 Å². The first kappa shape index (κ1) is 22.3. The van der Waals surface area contributed by atoms with Crippen molar-refractivity contribution in [3.63, 3.8) is 0 Å². The van der Waals surface area contributed by atoms with Gasteiger partial charge in [-0.1, -0.05) is 6.42 Å². The molecule has 1 aliphatic carbocycles. The highest BCUT2D eigenvalue weighted by Crippen LogP contribution is 2.46. The van der Waals surface area contributed by atoms with Gasteiger partial charge in [-0.2, -0.15) is 0 Å². The summed E-state index contributed by atoms with van der Waals surface area (Å²) in [4.78, 5) is 13.8. The minimum absolute atomic E-state index is 0.193. The SMILES string of the molecule is COc1cc(F)c(CN2C[C@@H]3C[C@H](C2)[C@@H]2CCC[C@H](C4CC4)N2C3)cc1OC.O=CO. The molecule has 2 bridgehead atoms. The van der Waals surface area contributed by atoms with Crippen LogP contribution in [0.1, 0.15) is 44.1 Å². The van der Waals surface area contributed by atoms with Crippen LogP contribution in [0.15, 0.2) is 12.1 Å². The summed E-state index contributed by atoms with van der Waals surface area (Å²) in [6, 6.07) is 4.89. The van der Waals surface area contributed by atoms with E-state index < -0.39 is 0 Å². The average Bonchev–Trinajstić information content (AvgIpc) is 3.60. The lowest BCUT2D eigenvalue weighted by molar-refractivity contribution is -0.122. The Morgan fingerprint density at radius 2 is 1.68 bits per heavy atom. The third kappa shape index (κ3) is 4.82. The smallest absolute Gasteiger partial charge is 0.290 e. The van der Waals surface area contributed by atoms with Crippen molar-refractivity contribution in [3.05, 3.63) is 23.5 Å². The summed E-state index contributed by atoms with van der Waals surface area (Å²) < 4.78 is 25.3. The third-order valence-corrected chi connectivity index (χ3v) is 7.62. The van der Waals surface area contributed by atoms with Gasteiger partial charge in [-0.15, -0.1) is 0 Å². The molecular formula is C24H35FN2O4. The predicted octanol–water partition coefficient (Wildman–Crippen LogP) is 3.63. The van der Waals surface area contributed by atoms with Gasteiger partial charge in [0, 0.05) is 49.9 Å². The summed E-state index contributed by atoms with van der Waals surface area (Å²) in [5, 5.41) is 6.89. The number of likely N-dealkylation sites (tertiary alicyclic amines) is 1. The van der Waals surface area contributed by atoms with Crippen LogP contribution in [0.5, 0.6) is 11.5 Å². The van der Waals surface area contributed by atoms with Crippen LogP contribution in [0.2, 0.25) is 0 Å². The van der Waals surface area contributed by atoms with Crippen LogP contribution < -0.4 is 9.47 Å². The fourth-order valence-electron chi connectivity index (χ4n) is 6.32. The van der Waals surface area contributed by atoms with E-state index in [0.717, 1.165) is 42.9 Å². The zero-order valence-electron chi connectivity index (χ0n) is 18.6. The van der Waals surface area contributed by atoms with Gasteiger partial charge in [0.1, 0.15) is 5.82 Å². The summed E-state index contributed by atoms with van der Waals surface area (Å²) in [7, 11) is 3.16. The molecule has 3 heterocycles. The lowest BCUT2D eigenvalue weighted by Gasteiger charge is -2.55. The number of methoxy groups -OCH3 is 2. The molecule has 0 aromatic heterocycles. The number of piperidine rings is 3. The number of rotatable bonds is 5. The van der Waals surface area contributed by atoms with Crippen molar-refractivity contribution in [1.29, 1.82) is 0 Å². The molecule has 0 spiro atoms. The number of carboxylic acid groups (broad SMARTS) is 1. The van der Waals surface area contributed by atoms with E-state index in [1.165, 1.54) is 51.1 Å². The number of fused-ring (bicyclic) bond motifs is 4. The minimum atomic E-state index is -0.250. The second-order valence-corrected chi connectivity index (χ2v) is 9.56. The van der Waals surface area contributed by atoms with E-state index in [1.807, 2.05) is 6.07 Å². The second kappa shape index (κ2) is 9.74. The highest BCUT2D eigenvalue weighted by Gasteiger charge is 2.47. The number of nitrogens with zero attached hydrogens (tertiary/aromatic N) is 2. The highest BCUT2D eigenvalue weighted by atomic mass is 19.1. The van der Waals surface area contributed by atoms with Gasteiger partial charge in [0.2, 0.25) is 0 Å². The first-order valence-corrected chi connectivity index (χ1v) is 11.5. The summed E-state index contributed by atoms with van der Waals surface area (Å²) in [5.74, 6) is 3.35. The number of carbonyl (C=O) groups is 1. The van der Waals surface area contributed by atoms with Gasteiger partial charge < -0.3 is 14.6 Å². The standard InChI is InChI=1S/C23H33FN2O2.CH2O2/c1-27-22-9-17(19(24)10-23(22)28-2)13-25-11-15-8-18(14-25)21-5-3-4-20(16-6-7-16)26(21)12-15;2-1-3/h9-10,15-16,18,20-21H,3-8,11-14H2,1-2H3;1H,(H,2,3)/t15-,18+,20+,21-;/m0./s1. The van der Waals surface area contributed by atoms with Crippen LogP contribution in [-0.2, 0) is 11.3 Å². The largest absolute Gasteiger partial charge is 0.493 e. The zero-order chi connectivity index (χ0) is 22.0. The normalized spacial score (nSPS) is 30.5. The molecule has 3 saturated heterocycles. The van der Waals surface area contributed by atoms with Gasteiger partial charge in [0.25, 0.3) is 6.47 Å². The van der Waals surface area contributed by atoms with Crippen molar-refractivity contribution in [3.8, 4) is 11.5 Å². The average molecular weight is 435 g/mol. The Kier molecular flexibility index (Phi) is 7.02. The van der Waals surface area contributed by atoms with E-state index in [9.17, 15) is 4.39 Å². The van der Waals surface area contributed by atoms with E-state index in [1.54, 1.807) is 14.2 Å². The number of halogens is 1. The number of hydrogen-bond donors (Lipinski definition) is 1. The summed E-state index contributed by atoms with van der Waals surface area (Å²) in [6.45, 7) is 3.86. The highest BCUT2D eigenvalue weighted by molar-refractivity contribution is 5.43. The molecule has 4 aliphatic rings. The molecule has 1 saturated carbocycles. The second-order valence-electron chi connectivity index (χ2n) is 9.56. The molecule has 6 nitrogen and oxygen atoms in total. The third-order valence-electron chi connectivity index (χ3n) is 7.62. The van der Waals surface area contributed by atoms with Crippen molar-refractivity contribution < 1.29 is 23.8 Å². The molecule has 7 heteroatoms. The van der Waals surface area contributed by atoms with Gasteiger partial charge in [0.05, 0.1) is 14.2 Å².